The van der Waals surface area contributed by atoms with E-state index in [0.29, 0.717) is 5.54 Å². The number of piperidine rings is 1. The Morgan fingerprint density at radius 2 is 1.58 bits per heavy atom. The minimum atomic E-state index is -5.08. The molecule has 0 amide bonds. The van der Waals surface area contributed by atoms with Gasteiger partial charge in [0.05, 0.1) is 19.4 Å². The second kappa shape index (κ2) is 12.2. The fourth-order valence-corrected chi connectivity index (χ4v) is 4.06. The van der Waals surface area contributed by atoms with Crippen LogP contribution in [0, 0.1) is 5.92 Å². The summed E-state index contributed by atoms with van der Waals surface area (Å²) in [6.07, 6.45) is -0.651. The number of rotatable bonds is 4. The summed E-state index contributed by atoms with van der Waals surface area (Å²) < 4.78 is 71.2. The number of alkyl halides is 6. The standard InChI is InChI=1S/C17H28N4O.2C2HF3O2/c1-19-11-16(10-18-19)12-20-6-4-17(5-7-20)14-22-9-8-21(17)13-15-2-3-15;2*3-2(4,5)1(6)7/h10-11,15H,2-9,12-14H2,1H3;2*(H,6,7). The van der Waals surface area contributed by atoms with Gasteiger partial charge < -0.3 is 14.9 Å². The quantitative estimate of drug-likeness (QED) is 0.571. The maximum absolute atomic E-state index is 10.6. The van der Waals surface area contributed by atoms with E-state index in [1.54, 1.807) is 0 Å². The predicted octanol–water partition coefficient (Wildman–Crippen LogP) is 2.76. The zero-order chi connectivity index (χ0) is 27.1. The van der Waals surface area contributed by atoms with E-state index in [4.69, 9.17) is 24.5 Å². The lowest BCUT2D eigenvalue weighted by Gasteiger charge is -2.51. The van der Waals surface area contributed by atoms with Crippen LogP contribution < -0.4 is 0 Å². The SMILES string of the molecule is Cn1cc(CN2CCC3(CC2)COCCN3CC2CC2)cn1.O=C(O)C(F)(F)F.O=C(O)C(F)(F)F. The predicted molar refractivity (Wildman–Crippen MR) is 113 cm³/mol. The Hall–Kier alpha value is -2.39. The smallest absolute Gasteiger partial charge is 0.475 e. The molecule has 36 heavy (non-hydrogen) atoms. The molecule has 1 aromatic heterocycles. The number of carbonyl (C=O) groups is 2. The number of morpholine rings is 1. The zero-order valence-corrected chi connectivity index (χ0v) is 19.7. The maximum atomic E-state index is 10.6. The van der Waals surface area contributed by atoms with Crippen molar-refractivity contribution in [1.29, 1.82) is 0 Å². The number of aromatic nitrogens is 2. The van der Waals surface area contributed by atoms with Crippen molar-refractivity contribution in [2.24, 2.45) is 13.0 Å². The Kier molecular flexibility index (Phi) is 10.1. The van der Waals surface area contributed by atoms with Gasteiger partial charge >= 0.3 is 24.3 Å². The van der Waals surface area contributed by atoms with Gasteiger partial charge in [0.25, 0.3) is 0 Å². The van der Waals surface area contributed by atoms with Gasteiger partial charge in [-0.3, -0.25) is 14.5 Å². The van der Waals surface area contributed by atoms with Crippen molar-refractivity contribution in [2.75, 3.05) is 39.4 Å². The summed E-state index contributed by atoms with van der Waals surface area (Å²) in [4.78, 5) is 23.1. The molecule has 15 heteroatoms. The van der Waals surface area contributed by atoms with E-state index in [-0.39, 0.29) is 0 Å². The van der Waals surface area contributed by atoms with Crippen LogP contribution in [0.15, 0.2) is 12.4 Å². The van der Waals surface area contributed by atoms with Crippen LogP contribution in [-0.4, -0.2) is 99.0 Å². The molecule has 3 fully saturated rings. The highest BCUT2D eigenvalue weighted by Gasteiger charge is 2.44. The van der Waals surface area contributed by atoms with Crippen LogP contribution in [0.3, 0.4) is 0 Å². The molecule has 0 bridgehead atoms. The average molecular weight is 532 g/mol. The lowest BCUT2D eigenvalue weighted by Crippen LogP contribution is -2.61. The third kappa shape index (κ3) is 9.58. The minimum Gasteiger partial charge on any atom is -0.475 e. The molecule has 1 aromatic rings. The molecule has 1 spiro atoms. The fraction of sp³-hybridized carbons (Fsp3) is 0.762. The third-order valence-corrected chi connectivity index (χ3v) is 6.16. The van der Waals surface area contributed by atoms with Gasteiger partial charge in [0.15, 0.2) is 0 Å². The number of nitrogens with zero attached hydrogens (tertiary/aromatic N) is 4. The molecule has 2 N–H and O–H groups in total. The number of halogens is 6. The highest BCUT2D eigenvalue weighted by Crippen LogP contribution is 2.37. The van der Waals surface area contributed by atoms with Crippen LogP contribution in [0.4, 0.5) is 26.3 Å². The number of hydrogen-bond acceptors (Lipinski definition) is 6. The topological polar surface area (TPSA) is 108 Å². The number of ether oxygens (including phenoxy) is 1. The molecule has 1 saturated carbocycles. The molecule has 0 atom stereocenters. The average Bonchev–Trinajstić information content (AvgIpc) is 3.50. The first-order valence-electron chi connectivity index (χ1n) is 11.3. The molecule has 0 aromatic carbocycles. The Morgan fingerprint density at radius 1 is 1.06 bits per heavy atom. The van der Waals surface area contributed by atoms with Crippen molar-refractivity contribution in [1.82, 2.24) is 19.6 Å². The normalized spacial score (nSPS) is 20.6. The minimum absolute atomic E-state index is 0.326. The number of hydrogen-bond donors (Lipinski definition) is 2. The third-order valence-electron chi connectivity index (χ3n) is 6.16. The molecule has 3 heterocycles. The summed E-state index contributed by atoms with van der Waals surface area (Å²) in [5.41, 5.74) is 1.65. The number of carboxylic acids is 2. The molecule has 1 aliphatic carbocycles. The van der Waals surface area contributed by atoms with Gasteiger partial charge in [-0.15, -0.1) is 0 Å². The first-order valence-corrected chi connectivity index (χ1v) is 11.3. The highest BCUT2D eigenvalue weighted by atomic mass is 19.4. The van der Waals surface area contributed by atoms with Crippen molar-refractivity contribution < 1.29 is 50.9 Å². The van der Waals surface area contributed by atoms with Gasteiger partial charge in [-0.25, -0.2) is 9.59 Å². The number of aliphatic carboxylic acids is 2. The van der Waals surface area contributed by atoms with E-state index in [0.717, 1.165) is 32.2 Å². The Bertz CT molecular complexity index is 840. The van der Waals surface area contributed by atoms with Crippen LogP contribution in [0.1, 0.15) is 31.2 Å². The Labute approximate surface area is 203 Å². The van der Waals surface area contributed by atoms with Crippen LogP contribution >= 0.6 is 0 Å². The first-order chi connectivity index (χ1) is 16.6. The molecule has 2 saturated heterocycles. The van der Waals surface area contributed by atoms with Crippen LogP contribution in [-0.2, 0) is 27.9 Å². The van der Waals surface area contributed by atoms with E-state index in [1.165, 1.54) is 50.9 Å². The zero-order valence-electron chi connectivity index (χ0n) is 19.7. The van der Waals surface area contributed by atoms with Gasteiger partial charge in [0.1, 0.15) is 0 Å². The lowest BCUT2D eigenvalue weighted by molar-refractivity contribution is -0.193. The highest BCUT2D eigenvalue weighted by molar-refractivity contribution is 5.73. The summed E-state index contributed by atoms with van der Waals surface area (Å²) in [6.45, 7) is 7.71. The molecule has 4 rings (SSSR count). The van der Waals surface area contributed by atoms with Crippen LogP contribution in [0.25, 0.3) is 0 Å². The largest absolute Gasteiger partial charge is 0.490 e. The van der Waals surface area contributed by atoms with E-state index < -0.39 is 24.3 Å². The van der Waals surface area contributed by atoms with Crippen molar-refractivity contribution in [3.8, 4) is 0 Å². The van der Waals surface area contributed by atoms with Crippen molar-refractivity contribution >= 4 is 11.9 Å². The molecule has 9 nitrogen and oxygen atoms in total. The van der Waals surface area contributed by atoms with Gasteiger partial charge in [-0.1, -0.05) is 0 Å². The molecule has 0 radical (unpaired) electrons. The van der Waals surface area contributed by atoms with Crippen molar-refractivity contribution in [3.05, 3.63) is 18.0 Å². The number of likely N-dealkylation sites (tertiary alicyclic amines) is 1. The molecule has 3 aliphatic rings. The van der Waals surface area contributed by atoms with E-state index in [1.807, 2.05) is 17.9 Å². The number of aryl methyl sites for hydroxylation is 1. The molecular formula is C21H30F6N4O5. The van der Waals surface area contributed by atoms with Gasteiger partial charge in [0.2, 0.25) is 0 Å². The second-order valence-electron chi connectivity index (χ2n) is 9.07. The van der Waals surface area contributed by atoms with E-state index in [2.05, 4.69) is 21.1 Å². The van der Waals surface area contributed by atoms with Gasteiger partial charge in [-0.05, 0) is 31.6 Å². The summed E-state index contributed by atoms with van der Waals surface area (Å²) in [7, 11) is 1.99. The first kappa shape index (κ1) is 29.8. The summed E-state index contributed by atoms with van der Waals surface area (Å²) in [5, 5.41) is 18.5. The Balaban J connectivity index is 0.000000271. The lowest BCUT2D eigenvalue weighted by atomic mass is 9.85. The summed E-state index contributed by atoms with van der Waals surface area (Å²) in [5.74, 6) is -4.54. The van der Waals surface area contributed by atoms with Gasteiger partial charge in [-0.2, -0.15) is 31.4 Å². The van der Waals surface area contributed by atoms with Crippen molar-refractivity contribution in [3.63, 3.8) is 0 Å². The van der Waals surface area contributed by atoms with Crippen molar-refractivity contribution in [2.45, 2.75) is 50.1 Å². The van der Waals surface area contributed by atoms with Crippen LogP contribution in [0.2, 0.25) is 0 Å². The second-order valence-corrected chi connectivity index (χ2v) is 9.07. The monoisotopic (exact) mass is 532 g/mol. The molecule has 206 valence electrons. The maximum Gasteiger partial charge on any atom is 0.490 e. The molecular weight excluding hydrogens is 502 g/mol. The number of carboxylic acid groups (broad SMARTS) is 2. The van der Waals surface area contributed by atoms with E-state index >= 15 is 0 Å². The van der Waals surface area contributed by atoms with Crippen LogP contribution in [0.5, 0.6) is 0 Å². The fourth-order valence-electron chi connectivity index (χ4n) is 4.06. The van der Waals surface area contributed by atoms with Gasteiger partial charge in [0, 0.05) is 57.1 Å². The molecule has 2 aliphatic heterocycles. The summed E-state index contributed by atoms with van der Waals surface area (Å²) >= 11 is 0. The Morgan fingerprint density at radius 3 is 2.00 bits per heavy atom. The van der Waals surface area contributed by atoms with E-state index in [9.17, 15) is 26.3 Å². The molecule has 0 unspecified atom stereocenters. The summed E-state index contributed by atoms with van der Waals surface area (Å²) in [6, 6.07) is 0.